The molecular formula is C19H15F2NO2S. The topological polar surface area (TPSA) is 38.3 Å². The Labute approximate surface area is 147 Å². The lowest BCUT2D eigenvalue weighted by Crippen LogP contribution is -2.21. The lowest BCUT2D eigenvalue weighted by molar-refractivity contribution is 0.0955. The summed E-state index contributed by atoms with van der Waals surface area (Å²) in [5, 5.41) is 4.64. The molecule has 1 amide bonds. The number of benzene rings is 2. The monoisotopic (exact) mass is 359 g/mol. The molecule has 128 valence electrons. The van der Waals surface area contributed by atoms with E-state index in [9.17, 15) is 13.6 Å². The fraction of sp³-hybridized carbons (Fsp3) is 0.105. The Morgan fingerprint density at radius 1 is 0.960 bits per heavy atom. The number of ether oxygens (including phenoxy) is 1. The van der Waals surface area contributed by atoms with Gasteiger partial charge >= 0.3 is 0 Å². The van der Waals surface area contributed by atoms with Gasteiger partial charge in [-0.2, -0.15) is 0 Å². The van der Waals surface area contributed by atoms with Crippen LogP contribution in [0.1, 0.15) is 20.8 Å². The van der Waals surface area contributed by atoms with Crippen LogP contribution in [0.3, 0.4) is 0 Å². The Hall–Kier alpha value is -2.73. The summed E-state index contributed by atoms with van der Waals surface area (Å²) in [5.74, 6) is -0.251. The minimum absolute atomic E-state index is 0.192. The minimum Gasteiger partial charge on any atom is -0.489 e. The van der Waals surface area contributed by atoms with Crippen LogP contribution in [0.25, 0.3) is 0 Å². The average molecular weight is 359 g/mol. The maximum Gasteiger partial charge on any atom is 0.261 e. The normalized spacial score (nSPS) is 10.5. The molecule has 6 heteroatoms. The first-order valence-electron chi connectivity index (χ1n) is 7.58. The molecule has 0 aliphatic rings. The van der Waals surface area contributed by atoms with Crippen LogP contribution < -0.4 is 10.1 Å². The van der Waals surface area contributed by atoms with E-state index < -0.39 is 0 Å². The molecule has 0 spiro atoms. The quantitative estimate of drug-likeness (QED) is 0.702. The van der Waals surface area contributed by atoms with Crippen LogP contribution in [0.2, 0.25) is 0 Å². The second-order valence-electron chi connectivity index (χ2n) is 5.37. The van der Waals surface area contributed by atoms with Crippen molar-refractivity contribution in [1.29, 1.82) is 0 Å². The van der Waals surface area contributed by atoms with Gasteiger partial charge in [0.1, 0.15) is 24.0 Å². The molecular weight excluding hydrogens is 344 g/mol. The number of carbonyl (C=O) groups is 1. The minimum atomic E-state index is -0.317. The fourth-order valence-electron chi connectivity index (χ4n) is 2.14. The lowest BCUT2D eigenvalue weighted by atomic mass is 10.2. The Bertz CT molecular complexity index is 845. The van der Waals surface area contributed by atoms with Crippen molar-refractivity contribution in [2.24, 2.45) is 0 Å². The zero-order chi connectivity index (χ0) is 17.6. The van der Waals surface area contributed by atoms with Gasteiger partial charge in [-0.25, -0.2) is 8.78 Å². The van der Waals surface area contributed by atoms with Gasteiger partial charge in [0.05, 0.1) is 4.88 Å². The van der Waals surface area contributed by atoms with E-state index in [2.05, 4.69) is 5.32 Å². The Balaban J connectivity index is 1.52. The van der Waals surface area contributed by atoms with Crippen molar-refractivity contribution in [3.05, 3.63) is 87.6 Å². The van der Waals surface area contributed by atoms with Gasteiger partial charge in [0.15, 0.2) is 0 Å². The largest absolute Gasteiger partial charge is 0.489 e. The maximum absolute atomic E-state index is 12.9. The highest BCUT2D eigenvalue weighted by atomic mass is 32.1. The zero-order valence-corrected chi connectivity index (χ0v) is 14.0. The summed E-state index contributed by atoms with van der Waals surface area (Å²) < 4.78 is 31.2. The first kappa shape index (κ1) is 17.1. The zero-order valence-electron chi connectivity index (χ0n) is 13.2. The van der Waals surface area contributed by atoms with Crippen LogP contribution in [0.4, 0.5) is 8.78 Å². The van der Waals surface area contributed by atoms with E-state index in [1.54, 1.807) is 30.3 Å². The van der Waals surface area contributed by atoms with Gasteiger partial charge in [0.2, 0.25) is 0 Å². The van der Waals surface area contributed by atoms with Gasteiger partial charge in [0, 0.05) is 12.1 Å². The van der Waals surface area contributed by atoms with E-state index in [0.717, 1.165) is 11.1 Å². The lowest BCUT2D eigenvalue weighted by Gasteiger charge is -2.04. The van der Waals surface area contributed by atoms with E-state index in [0.29, 0.717) is 23.8 Å². The summed E-state index contributed by atoms with van der Waals surface area (Å²) in [6, 6.07) is 13.5. The predicted octanol–water partition coefficient (Wildman–Crippen LogP) is 4.54. The van der Waals surface area contributed by atoms with Crippen molar-refractivity contribution in [1.82, 2.24) is 5.32 Å². The smallest absolute Gasteiger partial charge is 0.261 e. The van der Waals surface area contributed by atoms with Gasteiger partial charge < -0.3 is 10.1 Å². The van der Waals surface area contributed by atoms with Crippen molar-refractivity contribution in [3.63, 3.8) is 0 Å². The van der Waals surface area contributed by atoms with Crippen molar-refractivity contribution in [2.75, 3.05) is 0 Å². The number of halogens is 2. The molecule has 0 aliphatic heterocycles. The third-order valence-corrected chi connectivity index (χ3v) is 4.44. The number of carbonyl (C=O) groups excluding carboxylic acids is 1. The average Bonchev–Trinajstić information content (AvgIpc) is 3.10. The first-order chi connectivity index (χ1) is 12.1. The molecule has 25 heavy (non-hydrogen) atoms. The molecule has 3 aromatic rings. The number of nitrogens with one attached hydrogen (secondary N) is 1. The number of thiophene rings is 1. The highest BCUT2D eigenvalue weighted by molar-refractivity contribution is 7.12. The van der Waals surface area contributed by atoms with Crippen LogP contribution in [-0.4, -0.2) is 5.91 Å². The second-order valence-corrected chi connectivity index (χ2v) is 6.28. The Kier molecular flexibility index (Phi) is 5.40. The number of rotatable bonds is 6. The fourth-order valence-corrected chi connectivity index (χ4v) is 2.95. The number of hydrogen-bond donors (Lipinski definition) is 1. The molecule has 0 atom stereocenters. The summed E-state index contributed by atoms with van der Waals surface area (Å²) in [6.45, 7) is 0.631. The third kappa shape index (κ3) is 4.87. The molecule has 0 saturated heterocycles. The molecule has 0 unspecified atom stereocenters. The van der Waals surface area contributed by atoms with E-state index in [1.807, 2.05) is 5.38 Å². The standard InChI is InChI=1S/C19H15F2NO2S/c20-15-3-1-13(2-4-15)10-22-19(23)18-9-14(12-25-18)11-24-17-7-5-16(21)6-8-17/h1-9,12H,10-11H2,(H,22,23). The summed E-state index contributed by atoms with van der Waals surface area (Å²) in [4.78, 5) is 12.7. The van der Waals surface area contributed by atoms with Gasteiger partial charge in [-0.1, -0.05) is 12.1 Å². The Morgan fingerprint density at radius 2 is 1.60 bits per heavy atom. The van der Waals surface area contributed by atoms with E-state index in [4.69, 9.17) is 4.74 Å². The van der Waals surface area contributed by atoms with Crippen molar-refractivity contribution >= 4 is 17.2 Å². The predicted molar refractivity (Wildman–Crippen MR) is 92.6 cm³/mol. The van der Waals surface area contributed by atoms with Crippen LogP contribution in [-0.2, 0) is 13.2 Å². The van der Waals surface area contributed by atoms with Crippen LogP contribution >= 0.6 is 11.3 Å². The van der Waals surface area contributed by atoms with E-state index in [1.165, 1.54) is 35.6 Å². The van der Waals surface area contributed by atoms with Crippen LogP contribution in [0.5, 0.6) is 5.75 Å². The Morgan fingerprint density at radius 3 is 2.28 bits per heavy atom. The summed E-state index contributed by atoms with van der Waals surface area (Å²) in [6.07, 6.45) is 0. The van der Waals surface area contributed by atoms with Crippen LogP contribution in [0, 0.1) is 11.6 Å². The molecule has 3 nitrogen and oxygen atoms in total. The van der Waals surface area contributed by atoms with Gasteiger partial charge in [0.25, 0.3) is 5.91 Å². The molecule has 0 aliphatic carbocycles. The molecule has 1 N–H and O–H groups in total. The molecule has 0 bridgehead atoms. The summed E-state index contributed by atoms with van der Waals surface area (Å²) in [5.41, 5.74) is 1.69. The summed E-state index contributed by atoms with van der Waals surface area (Å²) >= 11 is 1.32. The van der Waals surface area contributed by atoms with Crippen LogP contribution in [0.15, 0.2) is 60.0 Å². The number of amides is 1. The van der Waals surface area contributed by atoms with Gasteiger partial charge in [-0.05, 0) is 53.4 Å². The van der Waals surface area contributed by atoms with Crippen molar-refractivity contribution < 1.29 is 18.3 Å². The first-order valence-corrected chi connectivity index (χ1v) is 8.46. The van der Waals surface area contributed by atoms with Crippen molar-refractivity contribution in [2.45, 2.75) is 13.2 Å². The second kappa shape index (κ2) is 7.90. The van der Waals surface area contributed by atoms with Gasteiger partial charge in [-0.15, -0.1) is 11.3 Å². The SMILES string of the molecule is O=C(NCc1ccc(F)cc1)c1cc(COc2ccc(F)cc2)cs1. The highest BCUT2D eigenvalue weighted by Gasteiger charge is 2.09. The van der Waals surface area contributed by atoms with Gasteiger partial charge in [-0.3, -0.25) is 4.79 Å². The molecule has 0 radical (unpaired) electrons. The number of hydrogen-bond acceptors (Lipinski definition) is 3. The molecule has 3 rings (SSSR count). The van der Waals surface area contributed by atoms with E-state index >= 15 is 0 Å². The molecule has 1 aromatic heterocycles. The van der Waals surface area contributed by atoms with Crippen molar-refractivity contribution in [3.8, 4) is 5.75 Å². The molecule has 0 saturated carbocycles. The summed E-state index contributed by atoms with van der Waals surface area (Å²) in [7, 11) is 0. The maximum atomic E-state index is 12.9. The molecule has 2 aromatic carbocycles. The third-order valence-electron chi connectivity index (χ3n) is 3.46. The molecule has 1 heterocycles. The van der Waals surface area contributed by atoms with E-state index in [-0.39, 0.29) is 17.5 Å². The highest BCUT2D eigenvalue weighted by Crippen LogP contribution is 2.18. The molecule has 0 fully saturated rings.